The first kappa shape index (κ1) is 22.4. The van der Waals surface area contributed by atoms with E-state index in [1.54, 1.807) is 11.0 Å². The van der Waals surface area contributed by atoms with Crippen LogP contribution >= 0.6 is 0 Å². The second-order valence-corrected chi connectivity index (χ2v) is 8.74. The highest BCUT2D eigenvalue weighted by atomic mass is 19.4. The van der Waals surface area contributed by atoms with Gasteiger partial charge in [0.2, 0.25) is 0 Å². The molecule has 0 spiro atoms. The summed E-state index contributed by atoms with van der Waals surface area (Å²) < 4.78 is 46.7. The fourth-order valence-electron chi connectivity index (χ4n) is 4.94. The molecule has 34 heavy (non-hydrogen) atoms. The second-order valence-electron chi connectivity index (χ2n) is 8.74. The molecule has 0 saturated heterocycles. The number of carbonyl (C=O) groups is 1. The van der Waals surface area contributed by atoms with E-state index in [1.165, 1.54) is 18.5 Å². The third-order valence-corrected chi connectivity index (χ3v) is 6.54. The number of furan rings is 1. The summed E-state index contributed by atoms with van der Waals surface area (Å²) in [7, 11) is 0. The Morgan fingerprint density at radius 1 is 1.18 bits per heavy atom. The summed E-state index contributed by atoms with van der Waals surface area (Å²) in [6, 6.07) is 8.84. The molecule has 0 radical (unpaired) electrons. The number of halogens is 3. The van der Waals surface area contributed by atoms with Crippen LogP contribution in [0.3, 0.4) is 0 Å². The van der Waals surface area contributed by atoms with Gasteiger partial charge in [-0.15, -0.1) is 0 Å². The lowest BCUT2D eigenvalue weighted by Gasteiger charge is -2.33. The SMILES string of the molecule is CCN(C(=O)c1cc2c(cn1)c(-c1coc3ccccc13)nn2CC(F)(F)F)C1CCCCC1. The molecule has 6 nitrogen and oxygen atoms in total. The predicted octanol–water partition coefficient (Wildman–Crippen LogP) is 6.20. The Morgan fingerprint density at radius 3 is 2.68 bits per heavy atom. The summed E-state index contributed by atoms with van der Waals surface area (Å²) in [6.07, 6.45) is 3.65. The van der Waals surface area contributed by atoms with Gasteiger partial charge in [-0.1, -0.05) is 37.5 Å². The summed E-state index contributed by atoms with van der Waals surface area (Å²) in [6.45, 7) is 1.18. The van der Waals surface area contributed by atoms with E-state index in [9.17, 15) is 18.0 Å². The van der Waals surface area contributed by atoms with Gasteiger partial charge in [0.1, 0.15) is 29.8 Å². The Hall–Kier alpha value is -3.36. The third kappa shape index (κ3) is 4.15. The van der Waals surface area contributed by atoms with Crippen LogP contribution in [0.15, 0.2) is 47.2 Å². The third-order valence-electron chi connectivity index (χ3n) is 6.54. The molecule has 1 aliphatic carbocycles. The number of hydrogen-bond donors (Lipinski definition) is 0. The van der Waals surface area contributed by atoms with Gasteiger partial charge in [-0.3, -0.25) is 14.5 Å². The minimum absolute atomic E-state index is 0.131. The first-order valence-corrected chi connectivity index (χ1v) is 11.6. The zero-order valence-electron chi connectivity index (χ0n) is 18.8. The summed E-state index contributed by atoms with van der Waals surface area (Å²) in [4.78, 5) is 19.5. The molecule has 3 heterocycles. The molecule has 9 heteroatoms. The fourth-order valence-corrected chi connectivity index (χ4v) is 4.94. The number of para-hydroxylation sites is 1. The lowest BCUT2D eigenvalue weighted by molar-refractivity contribution is -0.141. The number of alkyl halides is 3. The number of fused-ring (bicyclic) bond motifs is 2. The first-order valence-electron chi connectivity index (χ1n) is 11.6. The molecule has 178 valence electrons. The molecule has 1 amide bonds. The van der Waals surface area contributed by atoms with Crippen molar-refractivity contribution >= 4 is 27.8 Å². The minimum Gasteiger partial charge on any atom is -0.464 e. The Labute approximate surface area is 194 Å². The molecule has 1 fully saturated rings. The van der Waals surface area contributed by atoms with Crippen molar-refractivity contribution in [1.82, 2.24) is 19.7 Å². The number of nitrogens with zero attached hydrogens (tertiary/aromatic N) is 4. The molecule has 5 rings (SSSR count). The minimum atomic E-state index is -4.47. The highest BCUT2D eigenvalue weighted by Crippen LogP contribution is 2.35. The van der Waals surface area contributed by atoms with E-state index in [0.717, 1.165) is 42.2 Å². The van der Waals surface area contributed by atoms with E-state index in [1.807, 2.05) is 25.1 Å². The molecular weight excluding hydrogens is 445 g/mol. The highest BCUT2D eigenvalue weighted by molar-refractivity contribution is 6.03. The Kier molecular flexibility index (Phi) is 5.79. The van der Waals surface area contributed by atoms with E-state index in [-0.39, 0.29) is 23.2 Å². The highest BCUT2D eigenvalue weighted by Gasteiger charge is 2.31. The average molecular weight is 470 g/mol. The van der Waals surface area contributed by atoms with Crippen molar-refractivity contribution in [1.29, 1.82) is 0 Å². The van der Waals surface area contributed by atoms with Gasteiger partial charge in [0.25, 0.3) is 5.91 Å². The normalized spacial score (nSPS) is 15.3. The zero-order valence-corrected chi connectivity index (χ0v) is 18.8. The van der Waals surface area contributed by atoms with E-state index in [4.69, 9.17) is 4.42 Å². The second kappa shape index (κ2) is 8.77. The number of benzene rings is 1. The molecule has 0 aliphatic heterocycles. The standard InChI is InChI=1S/C25H25F3N4O2/c1-2-31(16-8-4-3-5-9-16)24(33)20-12-21-18(13-29-20)23(30-32(21)15-25(26,27)28)19-14-34-22-11-7-6-10-17(19)22/h6-7,10-14,16H,2-5,8-9,15H2,1H3. The van der Waals surface area contributed by atoms with Gasteiger partial charge < -0.3 is 9.32 Å². The Morgan fingerprint density at radius 2 is 1.94 bits per heavy atom. The maximum atomic E-state index is 13.4. The Bertz CT molecular complexity index is 1340. The molecule has 1 saturated carbocycles. The molecule has 1 aromatic carbocycles. The average Bonchev–Trinajstić information content (AvgIpc) is 3.40. The van der Waals surface area contributed by atoms with Gasteiger partial charge in [-0.25, -0.2) is 0 Å². The molecule has 0 bridgehead atoms. The number of carbonyl (C=O) groups excluding carboxylic acids is 1. The summed E-state index contributed by atoms with van der Waals surface area (Å²) in [5.74, 6) is -0.258. The number of rotatable bonds is 5. The predicted molar refractivity (Wildman–Crippen MR) is 122 cm³/mol. The van der Waals surface area contributed by atoms with Crippen LogP contribution in [0.25, 0.3) is 33.1 Å². The maximum Gasteiger partial charge on any atom is 0.408 e. The van der Waals surface area contributed by atoms with Crippen LogP contribution < -0.4 is 0 Å². The van der Waals surface area contributed by atoms with Crippen molar-refractivity contribution in [2.24, 2.45) is 0 Å². The zero-order chi connectivity index (χ0) is 23.9. The van der Waals surface area contributed by atoms with E-state index in [2.05, 4.69) is 10.1 Å². The summed E-state index contributed by atoms with van der Waals surface area (Å²) in [5.41, 5.74) is 1.89. The van der Waals surface area contributed by atoms with Gasteiger partial charge >= 0.3 is 6.18 Å². The van der Waals surface area contributed by atoms with Gasteiger partial charge in [0.15, 0.2) is 0 Å². The van der Waals surface area contributed by atoms with Crippen LogP contribution in [-0.2, 0) is 6.54 Å². The van der Waals surface area contributed by atoms with Crippen molar-refractivity contribution in [2.75, 3.05) is 6.54 Å². The van der Waals surface area contributed by atoms with E-state index in [0.29, 0.717) is 28.8 Å². The molecular formula is C25H25F3N4O2. The molecule has 0 atom stereocenters. The van der Waals surface area contributed by atoms with Gasteiger partial charge in [-0.05, 0) is 31.9 Å². The van der Waals surface area contributed by atoms with Crippen molar-refractivity contribution < 1.29 is 22.4 Å². The van der Waals surface area contributed by atoms with Crippen molar-refractivity contribution in [3.63, 3.8) is 0 Å². The summed E-state index contributed by atoms with van der Waals surface area (Å²) in [5, 5.41) is 5.48. The van der Waals surface area contributed by atoms with Gasteiger partial charge in [0, 0.05) is 35.1 Å². The van der Waals surface area contributed by atoms with E-state index >= 15 is 0 Å². The number of amides is 1. The van der Waals surface area contributed by atoms with Crippen molar-refractivity contribution in [3.05, 3.63) is 48.5 Å². The number of hydrogen-bond acceptors (Lipinski definition) is 4. The Balaban J connectivity index is 1.60. The fraction of sp³-hybridized carbons (Fsp3) is 0.400. The van der Waals surface area contributed by atoms with Crippen LogP contribution in [-0.4, -0.2) is 44.3 Å². The van der Waals surface area contributed by atoms with Crippen LogP contribution in [0.4, 0.5) is 13.2 Å². The molecule has 0 unspecified atom stereocenters. The molecule has 3 aromatic heterocycles. The maximum absolute atomic E-state index is 13.4. The van der Waals surface area contributed by atoms with E-state index < -0.39 is 12.7 Å². The molecule has 4 aromatic rings. The first-order chi connectivity index (χ1) is 16.4. The van der Waals surface area contributed by atoms with Crippen molar-refractivity contribution in [3.8, 4) is 11.3 Å². The molecule has 1 aliphatic rings. The van der Waals surface area contributed by atoms with Crippen molar-refractivity contribution in [2.45, 2.75) is 57.8 Å². The van der Waals surface area contributed by atoms with Crippen LogP contribution in [0, 0.1) is 0 Å². The number of pyridine rings is 1. The van der Waals surface area contributed by atoms with Gasteiger partial charge in [0.05, 0.1) is 5.52 Å². The van der Waals surface area contributed by atoms with Gasteiger partial charge in [-0.2, -0.15) is 18.3 Å². The van der Waals surface area contributed by atoms with Crippen LogP contribution in [0.5, 0.6) is 0 Å². The lowest BCUT2D eigenvalue weighted by atomic mass is 9.94. The summed E-state index contributed by atoms with van der Waals surface area (Å²) >= 11 is 0. The lowest BCUT2D eigenvalue weighted by Crippen LogP contribution is -2.41. The number of aromatic nitrogens is 3. The smallest absolute Gasteiger partial charge is 0.408 e. The van der Waals surface area contributed by atoms with Crippen LogP contribution in [0.1, 0.15) is 49.5 Å². The monoisotopic (exact) mass is 470 g/mol. The topological polar surface area (TPSA) is 64.2 Å². The quantitative estimate of drug-likeness (QED) is 0.348. The largest absolute Gasteiger partial charge is 0.464 e. The molecule has 0 N–H and O–H groups in total. The van der Waals surface area contributed by atoms with Crippen LogP contribution in [0.2, 0.25) is 0 Å².